The number of H-pyrrole nitrogens is 1. The van der Waals surface area contributed by atoms with E-state index in [0.717, 1.165) is 29.3 Å². The van der Waals surface area contributed by atoms with Crippen molar-refractivity contribution in [2.45, 2.75) is 31.7 Å². The molecule has 1 aromatic heterocycles. The standard InChI is InChI=1S/C16H20N2O2/c19-11-3-10-18(13-5-2-6-13)16(20)14-7-1-4-12-8-9-17-15(12)14/h1,4,7-9,13,17,19H,2-3,5-6,10-11H2. The lowest BCUT2D eigenvalue weighted by Gasteiger charge is -2.37. The number of aliphatic hydroxyl groups excluding tert-OH is 1. The molecular formula is C16H20N2O2. The summed E-state index contributed by atoms with van der Waals surface area (Å²) in [5, 5.41) is 10.1. The van der Waals surface area contributed by atoms with Gasteiger partial charge in [0.05, 0.1) is 11.1 Å². The van der Waals surface area contributed by atoms with Gasteiger partial charge in [-0.05, 0) is 37.8 Å². The number of hydrogen-bond acceptors (Lipinski definition) is 2. The summed E-state index contributed by atoms with van der Waals surface area (Å²) < 4.78 is 0. The Morgan fingerprint density at radius 2 is 2.20 bits per heavy atom. The number of aromatic nitrogens is 1. The van der Waals surface area contributed by atoms with Gasteiger partial charge in [-0.15, -0.1) is 0 Å². The molecule has 1 aliphatic carbocycles. The number of para-hydroxylation sites is 1. The molecule has 3 rings (SSSR count). The first kappa shape index (κ1) is 13.2. The Labute approximate surface area is 118 Å². The number of carbonyl (C=O) groups is 1. The van der Waals surface area contributed by atoms with Crippen molar-refractivity contribution >= 4 is 16.8 Å². The van der Waals surface area contributed by atoms with Crippen molar-refractivity contribution in [2.24, 2.45) is 0 Å². The minimum atomic E-state index is 0.0798. The largest absolute Gasteiger partial charge is 0.396 e. The smallest absolute Gasteiger partial charge is 0.256 e. The lowest BCUT2D eigenvalue weighted by Crippen LogP contribution is -2.45. The summed E-state index contributed by atoms with van der Waals surface area (Å²) in [7, 11) is 0. The Kier molecular flexibility index (Phi) is 3.74. The van der Waals surface area contributed by atoms with E-state index in [4.69, 9.17) is 5.11 Å². The highest BCUT2D eigenvalue weighted by molar-refractivity contribution is 6.05. The average Bonchev–Trinajstić information content (AvgIpc) is 2.88. The molecule has 0 spiro atoms. The van der Waals surface area contributed by atoms with Crippen LogP contribution in [0.4, 0.5) is 0 Å². The summed E-state index contributed by atoms with van der Waals surface area (Å²) in [6, 6.07) is 8.14. The number of carbonyl (C=O) groups excluding carboxylic acids is 1. The summed E-state index contributed by atoms with van der Waals surface area (Å²) in [6.07, 6.45) is 5.86. The number of amides is 1. The highest BCUT2D eigenvalue weighted by Gasteiger charge is 2.29. The van der Waals surface area contributed by atoms with Gasteiger partial charge in [-0.2, -0.15) is 0 Å². The molecule has 1 fully saturated rings. The van der Waals surface area contributed by atoms with Crippen LogP contribution >= 0.6 is 0 Å². The predicted molar refractivity (Wildman–Crippen MR) is 78.7 cm³/mol. The molecule has 4 nitrogen and oxygen atoms in total. The van der Waals surface area contributed by atoms with Crippen LogP contribution in [0.25, 0.3) is 10.9 Å². The van der Waals surface area contributed by atoms with Gasteiger partial charge in [-0.1, -0.05) is 12.1 Å². The van der Waals surface area contributed by atoms with Crippen LogP contribution in [0.1, 0.15) is 36.0 Å². The third-order valence-corrected chi connectivity index (χ3v) is 4.15. The minimum absolute atomic E-state index is 0.0798. The molecule has 2 N–H and O–H groups in total. The molecule has 0 unspecified atom stereocenters. The van der Waals surface area contributed by atoms with E-state index in [9.17, 15) is 4.79 Å². The Morgan fingerprint density at radius 3 is 2.90 bits per heavy atom. The normalized spacial score (nSPS) is 15.2. The second-order valence-electron chi connectivity index (χ2n) is 5.41. The molecule has 1 saturated carbocycles. The highest BCUT2D eigenvalue weighted by Crippen LogP contribution is 2.28. The predicted octanol–water partition coefficient (Wildman–Crippen LogP) is 2.55. The maximum atomic E-state index is 12.8. The van der Waals surface area contributed by atoms with E-state index >= 15 is 0 Å². The van der Waals surface area contributed by atoms with Gasteiger partial charge in [0, 0.05) is 30.8 Å². The second-order valence-corrected chi connectivity index (χ2v) is 5.41. The zero-order valence-electron chi connectivity index (χ0n) is 11.5. The van der Waals surface area contributed by atoms with E-state index in [0.29, 0.717) is 19.0 Å². The number of benzene rings is 1. The molecule has 1 aliphatic rings. The molecule has 106 valence electrons. The number of aliphatic hydroxyl groups is 1. The van der Waals surface area contributed by atoms with E-state index in [2.05, 4.69) is 4.98 Å². The lowest BCUT2D eigenvalue weighted by molar-refractivity contribution is 0.0564. The number of hydrogen-bond donors (Lipinski definition) is 2. The van der Waals surface area contributed by atoms with E-state index in [1.807, 2.05) is 35.4 Å². The van der Waals surface area contributed by atoms with Crippen LogP contribution in [0.15, 0.2) is 30.5 Å². The van der Waals surface area contributed by atoms with Crippen molar-refractivity contribution in [1.82, 2.24) is 9.88 Å². The number of fused-ring (bicyclic) bond motifs is 1. The fourth-order valence-electron chi connectivity index (χ4n) is 2.81. The third-order valence-electron chi connectivity index (χ3n) is 4.15. The summed E-state index contributed by atoms with van der Waals surface area (Å²) in [6.45, 7) is 0.764. The molecule has 4 heteroatoms. The maximum absolute atomic E-state index is 12.8. The number of aromatic amines is 1. The van der Waals surface area contributed by atoms with E-state index < -0.39 is 0 Å². The number of rotatable bonds is 5. The van der Waals surface area contributed by atoms with Gasteiger partial charge in [0.25, 0.3) is 5.91 Å². The number of nitrogens with zero attached hydrogens (tertiary/aromatic N) is 1. The van der Waals surface area contributed by atoms with E-state index in [-0.39, 0.29) is 12.5 Å². The topological polar surface area (TPSA) is 56.3 Å². The van der Waals surface area contributed by atoms with Gasteiger partial charge >= 0.3 is 0 Å². The van der Waals surface area contributed by atoms with Crippen molar-refractivity contribution in [3.63, 3.8) is 0 Å². The van der Waals surface area contributed by atoms with Crippen LogP contribution in [0.2, 0.25) is 0 Å². The molecule has 20 heavy (non-hydrogen) atoms. The molecule has 2 aromatic rings. The van der Waals surface area contributed by atoms with Crippen LogP contribution in [0.3, 0.4) is 0 Å². The molecule has 1 heterocycles. The van der Waals surface area contributed by atoms with Crippen LogP contribution in [0, 0.1) is 0 Å². The third kappa shape index (κ3) is 2.31. The Morgan fingerprint density at radius 1 is 1.35 bits per heavy atom. The monoisotopic (exact) mass is 272 g/mol. The van der Waals surface area contributed by atoms with Crippen LogP contribution in [0.5, 0.6) is 0 Å². The van der Waals surface area contributed by atoms with Crippen molar-refractivity contribution in [2.75, 3.05) is 13.2 Å². The van der Waals surface area contributed by atoms with Crippen LogP contribution in [-0.4, -0.2) is 40.1 Å². The Bertz CT molecular complexity index is 601. The van der Waals surface area contributed by atoms with Crippen LogP contribution in [-0.2, 0) is 0 Å². The first-order valence-corrected chi connectivity index (χ1v) is 7.29. The van der Waals surface area contributed by atoms with Crippen molar-refractivity contribution in [3.8, 4) is 0 Å². The fourth-order valence-corrected chi connectivity index (χ4v) is 2.81. The van der Waals surface area contributed by atoms with Crippen molar-refractivity contribution in [1.29, 1.82) is 0 Å². The fraction of sp³-hybridized carbons (Fsp3) is 0.438. The van der Waals surface area contributed by atoms with Gasteiger partial charge in [0.2, 0.25) is 0 Å². The first-order chi connectivity index (χ1) is 9.81. The molecule has 0 aliphatic heterocycles. The Hall–Kier alpha value is -1.81. The molecular weight excluding hydrogens is 252 g/mol. The average molecular weight is 272 g/mol. The maximum Gasteiger partial charge on any atom is 0.256 e. The molecule has 0 radical (unpaired) electrons. The van der Waals surface area contributed by atoms with Crippen molar-refractivity contribution in [3.05, 3.63) is 36.0 Å². The van der Waals surface area contributed by atoms with Gasteiger partial charge in [-0.25, -0.2) is 0 Å². The Balaban J connectivity index is 1.89. The minimum Gasteiger partial charge on any atom is -0.396 e. The SMILES string of the molecule is O=C(c1cccc2cc[nH]c12)N(CCCO)C1CCC1. The second kappa shape index (κ2) is 5.67. The lowest BCUT2D eigenvalue weighted by atomic mass is 9.90. The first-order valence-electron chi connectivity index (χ1n) is 7.29. The molecule has 0 saturated heterocycles. The van der Waals surface area contributed by atoms with Gasteiger partial charge in [0.1, 0.15) is 0 Å². The highest BCUT2D eigenvalue weighted by atomic mass is 16.3. The summed E-state index contributed by atoms with van der Waals surface area (Å²) >= 11 is 0. The van der Waals surface area contributed by atoms with E-state index in [1.54, 1.807) is 0 Å². The van der Waals surface area contributed by atoms with Gasteiger partial charge in [-0.3, -0.25) is 4.79 Å². The zero-order chi connectivity index (χ0) is 13.9. The number of nitrogens with one attached hydrogen (secondary N) is 1. The van der Waals surface area contributed by atoms with Crippen molar-refractivity contribution < 1.29 is 9.90 Å². The zero-order valence-corrected chi connectivity index (χ0v) is 11.5. The molecule has 0 bridgehead atoms. The summed E-state index contributed by atoms with van der Waals surface area (Å²) in [4.78, 5) is 17.9. The summed E-state index contributed by atoms with van der Waals surface area (Å²) in [5.41, 5.74) is 1.64. The van der Waals surface area contributed by atoms with Gasteiger partial charge < -0.3 is 15.0 Å². The molecule has 1 amide bonds. The quantitative estimate of drug-likeness (QED) is 0.879. The summed E-state index contributed by atoms with van der Waals surface area (Å²) in [5.74, 6) is 0.0798. The molecule has 1 aromatic carbocycles. The van der Waals surface area contributed by atoms with E-state index in [1.165, 1.54) is 6.42 Å². The van der Waals surface area contributed by atoms with Gasteiger partial charge in [0.15, 0.2) is 0 Å². The molecule has 0 atom stereocenters. The van der Waals surface area contributed by atoms with Crippen LogP contribution < -0.4 is 0 Å².